The summed E-state index contributed by atoms with van der Waals surface area (Å²) < 4.78 is 11.1. The van der Waals surface area contributed by atoms with Gasteiger partial charge in [-0.25, -0.2) is 0 Å². The molecule has 2 N–H and O–H groups in total. The second-order valence-corrected chi connectivity index (χ2v) is 5.58. The molecule has 1 aliphatic rings. The third-order valence-electron chi connectivity index (χ3n) is 4.23. The average molecular weight is 287 g/mol. The molecule has 1 aromatic carbocycles. The number of hydrogen-bond acceptors (Lipinski definition) is 5. The number of nitrogens with two attached hydrogens (primary N) is 1. The van der Waals surface area contributed by atoms with E-state index in [0.717, 1.165) is 30.0 Å². The SMILES string of the molecule is CCC(N)C(C)c1nc(C2CCOc3ccccc32)no1. The summed E-state index contributed by atoms with van der Waals surface area (Å²) in [5.74, 6) is 2.49. The molecule has 0 amide bonds. The fourth-order valence-electron chi connectivity index (χ4n) is 2.72. The predicted octanol–water partition coefficient (Wildman–Crippen LogP) is 2.82. The van der Waals surface area contributed by atoms with Gasteiger partial charge in [-0.05, 0) is 18.9 Å². The van der Waals surface area contributed by atoms with Crippen LogP contribution in [0.4, 0.5) is 0 Å². The molecule has 0 bridgehead atoms. The van der Waals surface area contributed by atoms with Crippen LogP contribution < -0.4 is 10.5 Å². The van der Waals surface area contributed by atoms with Crippen LogP contribution in [0.15, 0.2) is 28.8 Å². The van der Waals surface area contributed by atoms with Gasteiger partial charge in [0, 0.05) is 11.6 Å². The fourth-order valence-corrected chi connectivity index (χ4v) is 2.72. The highest BCUT2D eigenvalue weighted by atomic mass is 16.5. The zero-order valence-electron chi connectivity index (χ0n) is 12.5. The van der Waals surface area contributed by atoms with Crippen LogP contribution in [-0.2, 0) is 0 Å². The van der Waals surface area contributed by atoms with Crippen molar-refractivity contribution in [2.45, 2.75) is 44.6 Å². The smallest absolute Gasteiger partial charge is 0.231 e. The van der Waals surface area contributed by atoms with E-state index in [4.69, 9.17) is 15.0 Å². The molecule has 3 atom stereocenters. The Hall–Kier alpha value is -1.88. The number of nitrogens with zero attached hydrogens (tertiary/aromatic N) is 2. The molecule has 2 aromatic rings. The van der Waals surface area contributed by atoms with Gasteiger partial charge in [-0.1, -0.05) is 37.2 Å². The summed E-state index contributed by atoms with van der Waals surface area (Å²) in [4.78, 5) is 4.59. The minimum Gasteiger partial charge on any atom is -0.493 e. The van der Waals surface area contributed by atoms with Gasteiger partial charge in [-0.3, -0.25) is 0 Å². The molecule has 0 spiro atoms. The zero-order chi connectivity index (χ0) is 14.8. The number of fused-ring (bicyclic) bond motifs is 1. The molecule has 0 radical (unpaired) electrons. The normalized spacial score (nSPS) is 20.4. The molecule has 3 rings (SSSR count). The third kappa shape index (κ3) is 2.65. The van der Waals surface area contributed by atoms with Crippen molar-refractivity contribution in [2.24, 2.45) is 5.73 Å². The van der Waals surface area contributed by atoms with Crippen LogP contribution in [0.25, 0.3) is 0 Å². The molecule has 2 heterocycles. The largest absolute Gasteiger partial charge is 0.493 e. The zero-order valence-corrected chi connectivity index (χ0v) is 12.5. The topological polar surface area (TPSA) is 74.2 Å². The Morgan fingerprint density at radius 1 is 1.38 bits per heavy atom. The lowest BCUT2D eigenvalue weighted by atomic mass is 9.92. The van der Waals surface area contributed by atoms with Gasteiger partial charge in [0.25, 0.3) is 0 Å². The monoisotopic (exact) mass is 287 g/mol. The van der Waals surface area contributed by atoms with E-state index in [-0.39, 0.29) is 17.9 Å². The van der Waals surface area contributed by atoms with Crippen LogP contribution >= 0.6 is 0 Å². The first-order valence-corrected chi connectivity index (χ1v) is 7.51. The number of ether oxygens (including phenoxy) is 1. The van der Waals surface area contributed by atoms with Crippen molar-refractivity contribution in [1.82, 2.24) is 10.1 Å². The fraction of sp³-hybridized carbons (Fsp3) is 0.500. The van der Waals surface area contributed by atoms with Gasteiger partial charge in [0.05, 0.1) is 18.4 Å². The Labute approximate surface area is 124 Å². The van der Waals surface area contributed by atoms with Crippen molar-refractivity contribution < 1.29 is 9.26 Å². The van der Waals surface area contributed by atoms with Gasteiger partial charge in [0.1, 0.15) is 5.75 Å². The van der Waals surface area contributed by atoms with E-state index in [2.05, 4.69) is 23.1 Å². The first-order chi connectivity index (χ1) is 10.2. The molecule has 5 heteroatoms. The van der Waals surface area contributed by atoms with Crippen molar-refractivity contribution in [1.29, 1.82) is 0 Å². The molecule has 0 saturated heterocycles. The van der Waals surface area contributed by atoms with Crippen molar-refractivity contribution >= 4 is 0 Å². The number of hydrogen-bond donors (Lipinski definition) is 1. The average Bonchev–Trinajstić information content (AvgIpc) is 3.02. The molecule has 1 aromatic heterocycles. The van der Waals surface area contributed by atoms with Gasteiger partial charge in [-0.15, -0.1) is 0 Å². The van der Waals surface area contributed by atoms with Gasteiger partial charge in [-0.2, -0.15) is 4.98 Å². The van der Waals surface area contributed by atoms with Crippen LogP contribution in [0.5, 0.6) is 5.75 Å². The predicted molar refractivity (Wildman–Crippen MR) is 79.4 cm³/mol. The second-order valence-electron chi connectivity index (χ2n) is 5.58. The van der Waals surface area contributed by atoms with Crippen LogP contribution in [0.3, 0.4) is 0 Å². The van der Waals surface area contributed by atoms with E-state index in [0.29, 0.717) is 12.5 Å². The Bertz CT molecular complexity index is 611. The summed E-state index contributed by atoms with van der Waals surface area (Å²) in [6.45, 7) is 4.77. The van der Waals surface area contributed by atoms with Crippen molar-refractivity contribution in [2.75, 3.05) is 6.61 Å². The molecule has 0 aliphatic carbocycles. The summed E-state index contributed by atoms with van der Waals surface area (Å²) in [6, 6.07) is 8.08. The summed E-state index contributed by atoms with van der Waals surface area (Å²) in [7, 11) is 0. The summed E-state index contributed by atoms with van der Waals surface area (Å²) >= 11 is 0. The Morgan fingerprint density at radius 3 is 3.00 bits per heavy atom. The first-order valence-electron chi connectivity index (χ1n) is 7.51. The maximum atomic E-state index is 6.07. The lowest BCUT2D eigenvalue weighted by molar-refractivity contribution is 0.271. The molecule has 5 nitrogen and oxygen atoms in total. The van der Waals surface area contributed by atoms with Crippen molar-refractivity contribution in [3.8, 4) is 5.75 Å². The molecule has 1 aliphatic heterocycles. The maximum Gasteiger partial charge on any atom is 0.231 e. The van der Waals surface area contributed by atoms with Gasteiger partial charge < -0.3 is 15.0 Å². The lowest BCUT2D eigenvalue weighted by Crippen LogP contribution is -2.25. The minimum atomic E-state index is 0.0419. The van der Waals surface area contributed by atoms with Crippen LogP contribution in [0.1, 0.15) is 55.8 Å². The second kappa shape index (κ2) is 5.85. The lowest BCUT2D eigenvalue weighted by Gasteiger charge is -2.23. The van der Waals surface area contributed by atoms with Crippen molar-refractivity contribution in [3.63, 3.8) is 0 Å². The third-order valence-corrected chi connectivity index (χ3v) is 4.23. The van der Waals surface area contributed by atoms with Gasteiger partial charge in [0.15, 0.2) is 5.82 Å². The minimum absolute atomic E-state index is 0.0419. The number of para-hydroxylation sites is 1. The van der Waals surface area contributed by atoms with Crippen molar-refractivity contribution in [3.05, 3.63) is 41.5 Å². The van der Waals surface area contributed by atoms with E-state index < -0.39 is 0 Å². The number of rotatable bonds is 4. The molecule has 21 heavy (non-hydrogen) atoms. The standard InChI is InChI=1S/C16H21N3O2/c1-3-13(17)10(2)16-18-15(19-21-16)12-8-9-20-14-7-5-4-6-11(12)14/h4-7,10,12-13H,3,8-9,17H2,1-2H3. The highest BCUT2D eigenvalue weighted by Gasteiger charge is 2.28. The van der Waals surface area contributed by atoms with Gasteiger partial charge >= 0.3 is 0 Å². The van der Waals surface area contributed by atoms with E-state index in [1.165, 1.54) is 0 Å². The maximum absolute atomic E-state index is 6.07. The number of benzene rings is 1. The Morgan fingerprint density at radius 2 is 2.19 bits per heavy atom. The quantitative estimate of drug-likeness (QED) is 0.936. The molecular weight excluding hydrogens is 266 g/mol. The summed E-state index contributed by atoms with van der Waals surface area (Å²) in [6.07, 6.45) is 1.75. The Kier molecular flexibility index (Phi) is 3.92. The van der Waals surface area contributed by atoms with Crippen LogP contribution in [0.2, 0.25) is 0 Å². The highest BCUT2D eigenvalue weighted by molar-refractivity contribution is 5.40. The summed E-state index contributed by atoms with van der Waals surface area (Å²) in [5.41, 5.74) is 7.19. The molecule has 112 valence electrons. The van der Waals surface area contributed by atoms with E-state index in [1.807, 2.05) is 25.1 Å². The van der Waals surface area contributed by atoms with Crippen LogP contribution in [-0.4, -0.2) is 22.8 Å². The number of aromatic nitrogens is 2. The molecular formula is C16H21N3O2. The molecule has 3 unspecified atom stereocenters. The van der Waals surface area contributed by atoms with Gasteiger partial charge in [0.2, 0.25) is 5.89 Å². The van der Waals surface area contributed by atoms with E-state index in [1.54, 1.807) is 0 Å². The highest BCUT2D eigenvalue weighted by Crippen LogP contribution is 2.37. The van der Waals surface area contributed by atoms with E-state index >= 15 is 0 Å². The van der Waals surface area contributed by atoms with Crippen LogP contribution in [0, 0.1) is 0 Å². The Balaban J connectivity index is 1.88. The van der Waals surface area contributed by atoms with E-state index in [9.17, 15) is 0 Å². The molecule has 0 saturated carbocycles. The summed E-state index contributed by atoms with van der Waals surface area (Å²) in [5, 5.41) is 4.18. The molecule has 0 fully saturated rings. The first kappa shape index (κ1) is 14.1.